The van der Waals surface area contributed by atoms with E-state index in [4.69, 9.17) is 15.7 Å². The standard InChI is InChI=1S/C27H23FN4O/c28-20-9-6-18(7-10-20)15-25(33)32-27-24(14-17-4-2-1-3-5-17)30-26-22-12-11-21(29)16-19(22)8-13-23(26)31-27/h1-7,9-12,16H,8,13-15,29H2,(H,31,32,33). The van der Waals surface area contributed by atoms with Gasteiger partial charge in [-0.25, -0.2) is 14.4 Å². The molecule has 0 spiro atoms. The molecule has 0 fully saturated rings. The Hall–Kier alpha value is -4.06. The van der Waals surface area contributed by atoms with Crippen molar-refractivity contribution >= 4 is 17.4 Å². The number of halogens is 1. The fourth-order valence-corrected chi connectivity index (χ4v) is 4.18. The van der Waals surface area contributed by atoms with E-state index < -0.39 is 0 Å². The van der Waals surface area contributed by atoms with Crippen molar-refractivity contribution in [1.29, 1.82) is 0 Å². The molecule has 33 heavy (non-hydrogen) atoms. The van der Waals surface area contributed by atoms with Crippen LogP contribution in [0.2, 0.25) is 0 Å². The number of aromatic nitrogens is 2. The number of anilines is 2. The lowest BCUT2D eigenvalue weighted by molar-refractivity contribution is -0.115. The first kappa shape index (κ1) is 20.8. The second kappa shape index (κ2) is 8.82. The fraction of sp³-hybridized carbons (Fsp3) is 0.148. The number of nitrogens with one attached hydrogen (secondary N) is 1. The highest BCUT2D eigenvalue weighted by Gasteiger charge is 2.22. The summed E-state index contributed by atoms with van der Waals surface area (Å²) in [5, 5.41) is 2.95. The van der Waals surface area contributed by atoms with E-state index in [2.05, 4.69) is 5.32 Å². The maximum absolute atomic E-state index is 13.2. The van der Waals surface area contributed by atoms with Gasteiger partial charge in [0.05, 0.1) is 23.5 Å². The molecule has 6 heteroatoms. The van der Waals surface area contributed by atoms with Crippen molar-refractivity contribution in [3.8, 4) is 11.3 Å². The molecule has 1 amide bonds. The topological polar surface area (TPSA) is 80.9 Å². The lowest BCUT2D eigenvalue weighted by atomic mass is 9.91. The number of benzene rings is 3. The van der Waals surface area contributed by atoms with Gasteiger partial charge in [0.1, 0.15) is 5.82 Å². The van der Waals surface area contributed by atoms with Crippen LogP contribution in [0.5, 0.6) is 0 Å². The first-order valence-electron chi connectivity index (χ1n) is 10.9. The molecule has 5 rings (SSSR count). The van der Waals surface area contributed by atoms with E-state index in [1.165, 1.54) is 12.1 Å². The Labute approximate surface area is 191 Å². The van der Waals surface area contributed by atoms with Crippen molar-refractivity contribution in [3.63, 3.8) is 0 Å². The van der Waals surface area contributed by atoms with Gasteiger partial charge in [0.25, 0.3) is 0 Å². The molecule has 3 N–H and O–H groups in total. The van der Waals surface area contributed by atoms with E-state index in [1.807, 2.05) is 48.5 Å². The van der Waals surface area contributed by atoms with Gasteiger partial charge in [-0.05, 0) is 53.8 Å². The number of carbonyl (C=O) groups is 1. The molecule has 0 atom stereocenters. The Kier molecular flexibility index (Phi) is 5.57. The molecule has 4 aromatic rings. The molecule has 0 radical (unpaired) electrons. The smallest absolute Gasteiger partial charge is 0.229 e. The van der Waals surface area contributed by atoms with Crippen molar-refractivity contribution in [1.82, 2.24) is 9.97 Å². The SMILES string of the molecule is Nc1ccc2c(c1)CCc1nc(NC(=O)Cc3ccc(F)cc3)c(Cc3ccccc3)nc1-2. The fourth-order valence-electron chi connectivity index (χ4n) is 4.18. The number of carbonyl (C=O) groups excluding carboxylic acids is 1. The summed E-state index contributed by atoms with van der Waals surface area (Å²) < 4.78 is 13.2. The number of hydrogen-bond acceptors (Lipinski definition) is 4. The summed E-state index contributed by atoms with van der Waals surface area (Å²) in [6.07, 6.45) is 2.22. The summed E-state index contributed by atoms with van der Waals surface area (Å²) >= 11 is 0. The summed E-state index contributed by atoms with van der Waals surface area (Å²) in [5.41, 5.74) is 13.1. The third-order valence-corrected chi connectivity index (χ3v) is 5.81. The van der Waals surface area contributed by atoms with E-state index >= 15 is 0 Å². The Morgan fingerprint density at radius 2 is 1.73 bits per heavy atom. The number of rotatable bonds is 5. The number of fused-ring (bicyclic) bond motifs is 3. The quantitative estimate of drug-likeness (QED) is 0.441. The van der Waals surface area contributed by atoms with Crippen LogP contribution in [0.3, 0.4) is 0 Å². The first-order valence-corrected chi connectivity index (χ1v) is 10.9. The van der Waals surface area contributed by atoms with E-state index in [1.54, 1.807) is 12.1 Å². The highest BCUT2D eigenvalue weighted by molar-refractivity contribution is 5.92. The van der Waals surface area contributed by atoms with Crippen LogP contribution in [0.4, 0.5) is 15.9 Å². The second-order valence-corrected chi connectivity index (χ2v) is 8.24. The van der Waals surface area contributed by atoms with Gasteiger partial charge < -0.3 is 11.1 Å². The van der Waals surface area contributed by atoms with Gasteiger partial charge in [0.15, 0.2) is 5.82 Å². The average molecular weight is 439 g/mol. The number of nitrogens with zero attached hydrogens (tertiary/aromatic N) is 2. The third-order valence-electron chi connectivity index (χ3n) is 5.81. The molecule has 164 valence electrons. The molecule has 1 aliphatic carbocycles. The van der Waals surface area contributed by atoms with Crippen LogP contribution in [0, 0.1) is 5.82 Å². The van der Waals surface area contributed by atoms with Crippen LogP contribution >= 0.6 is 0 Å². The Bertz CT molecular complexity index is 1320. The summed E-state index contributed by atoms with van der Waals surface area (Å²) in [4.78, 5) is 22.6. The minimum Gasteiger partial charge on any atom is -0.399 e. The van der Waals surface area contributed by atoms with Crippen molar-refractivity contribution in [2.45, 2.75) is 25.7 Å². The molecule has 0 saturated carbocycles. The summed E-state index contributed by atoms with van der Waals surface area (Å²) in [6.45, 7) is 0. The van der Waals surface area contributed by atoms with Crippen molar-refractivity contribution in [2.75, 3.05) is 11.1 Å². The molecule has 1 aliphatic rings. The van der Waals surface area contributed by atoms with Crippen LogP contribution in [0.1, 0.15) is 28.1 Å². The number of nitrogens with two attached hydrogens (primary N) is 1. The lowest BCUT2D eigenvalue weighted by Crippen LogP contribution is -2.20. The Balaban J connectivity index is 1.50. The molecule has 0 bridgehead atoms. The predicted octanol–water partition coefficient (Wildman–Crippen LogP) is 4.74. The van der Waals surface area contributed by atoms with Gasteiger partial charge in [-0.1, -0.05) is 48.5 Å². The molecule has 0 saturated heterocycles. The predicted molar refractivity (Wildman–Crippen MR) is 127 cm³/mol. The minimum atomic E-state index is -0.327. The van der Waals surface area contributed by atoms with Crippen LogP contribution in [0.25, 0.3) is 11.3 Å². The van der Waals surface area contributed by atoms with Crippen LogP contribution in [-0.4, -0.2) is 15.9 Å². The second-order valence-electron chi connectivity index (χ2n) is 8.24. The van der Waals surface area contributed by atoms with E-state index in [0.717, 1.165) is 52.2 Å². The van der Waals surface area contributed by atoms with Gasteiger partial charge in [0, 0.05) is 17.7 Å². The van der Waals surface area contributed by atoms with Gasteiger partial charge >= 0.3 is 0 Å². The largest absolute Gasteiger partial charge is 0.399 e. The maximum atomic E-state index is 13.2. The van der Waals surface area contributed by atoms with Gasteiger partial charge in [0.2, 0.25) is 5.91 Å². The van der Waals surface area contributed by atoms with Crippen molar-refractivity contribution < 1.29 is 9.18 Å². The normalized spacial score (nSPS) is 12.0. The van der Waals surface area contributed by atoms with Gasteiger partial charge in [-0.15, -0.1) is 0 Å². The maximum Gasteiger partial charge on any atom is 0.229 e. The number of aryl methyl sites for hydroxylation is 2. The van der Waals surface area contributed by atoms with Crippen LogP contribution in [-0.2, 0) is 30.5 Å². The molecular formula is C27H23FN4O. The zero-order chi connectivity index (χ0) is 22.8. The van der Waals surface area contributed by atoms with Gasteiger partial charge in [-0.2, -0.15) is 0 Å². The van der Waals surface area contributed by atoms with E-state index in [0.29, 0.717) is 17.9 Å². The average Bonchev–Trinajstić information content (AvgIpc) is 2.81. The zero-order valence-corrected chi connectivity index (χ0v) is 18.0. The molecular weight excluding hydrogens is 415 g/mol. The Morgan fingerprint density at radius 1 is 0.939 bits per heavy atom. The molecule has 3 aromatic carbocycles. The highest BCUT2D eigenvalue weighted by Crippen LogP contribution is 2.34. The van der Waals surface area contributed by atoms with Crippen LogP contribution < -0.4 is 11.1 Å². The molecule has 0 aliphatic heterocycles. The molecule has 1 aromatic heterocycles. The molecule has 1 heterocycles. The number of nitrogen functional groups attached to an aromatic ring is 1. The third kappa shape index (κ3) is 4.60. The molecule has 0 unspecified atom stereocenters. The van der Waals surface area contributed by atoms with E-state index in [9.17, 15) is 9.18 Å². The van der Waals surface area contributed by atoms with Crippen molar-refractivity contribution in [3.05, 3.63) is 107 Å². The number of amides is 1. The number of hydrogen-bond donors (Lipinski definition) is 2. The van der Waals surface area contributed by atoms with Crippen LogP contribution in [0.15, 0.2) is 72.8 Å². The Morgan fingerprint density at radius 3 is 2.52 bits per heavy atom. The summed E-state index contributed by atoms with van der Waals surface area (Å²) in [6, 6.07) is 21.8. The zero-order valence-electron chi connectivity index (χ0n) is 18.0. The summed E-state index contributed by atoms with van der Waals surface area (Å²) in [7, 11) is 0. The summed E-state index contributed by atoms with van der Waals surface area (Å²) in [5.74, 6) is -0.0651. The minimum absolute atomic E-state index is 0.131. The first-order chi connectivity index (χ1) is 16.0. The van der Waals surface area contributed by atoms with Crippen molar-refractivity contribution in [2.24, 2.45) is 0 Å². The monoisotopic (exact) mass is 438 g/mol. The lowest BCUT2D eigenvalue weighted by Gasteiger charge is -2.21. The highest BCUT2D eigenvalue weighted by atomic mass is 19.1. The van der Waals surface area contributed by atoms with E-state index in [-0.39, 0.29) is 18.1 Å². The molecule has 5 nitrogen and oxygen atoms in total. The van der Waals surface area contributed by atoms with Gasteiger partial charge in [-0.3, -0.25) is 4.79 Å².